The van der Waals surface area contributed by atoms with Crippen LogP contribution in [-0.2, 0) is 0 Å². The van der Waals surface area contributed by atoms with Crippen molar-refractivity contribution < 1.29 is 9.15 Å². The Morgan fingerprint density at radius 1 is 1.20 bits per heavy atom. The van der Waals surface area contributed by atoms with E-state index in [1.165, 1.54) is 31.3 Å². The number of fused-ring (bicyclic) bond motifs is 1. The molecule has 1 aromatic carbocycles. The van der Waals surface area contributed by atoms with Gasteiger partial charge in [0, 0.05) is 11.3 Å². The molecule has 0 spiro atoms. The van der Waals surface area contributed by atoms with Crippen LogP contribution < -0.4 is 4.74 Å². The van der Waals surface area contributed by atoms with Crippen molar-refractivity contribution in [3.63, 3.8) is 0 Å². The van der Waals surface area contributed by atoms with E-state index in [2.05, 4.69) is 37.5 Å². The van der Waals surface area contributed by atoms with E-state index in [4.69, 9.17) is 9.15 Å². The Hall–Kier alpha value is -1.75. The maximum Gasteiger partial charge on any atom is 0.276 e. The van der Waals surface area contributed by atoms with E-state index in [-0.39, 0.29) is 0 Å². The summed E-state index contributed by atoms with van der Waals surface area (Å²) in [5.74, 6) is 5.38. The molecule has 1 heterocycles. The molecule has 0 radical (unpaired) electrons. The topological polar surface area (TPSA) is 48.2 Å². The summed E-state index contributed by atoms with van der Waals surface area (Å²) in [7, 11) is 1.66. The summed E-state index contributed by atoms with van der Waals surface area (Å²) in [5, 5.41) is 9.12. The van der Waals surface area contributed by atoms with Gasteiger partial charge >= 0.3 is 0 Å². The standard InChI is InChI=1S/C25H34N2O2S/c1-16-6-11-21-22(17(2)12-14-25(21,3)4)20(16)13-15-30-24-27-26-23(29-24)18-7-9-19(28-5)10-8-18/h7-10,17,20-22H,1,6,11-15H2,2-5H3/t17-,20?,21?,22?/m0/s1. The molecule has 4 nitrogen and oxygen atoms in total. The molecule has 3 unspecified atom stereocenters. The average molecular weight is 427 g/mol. The zero-order valence-electron chi connectivity index (χ0n) is 18.7. The van der Waals surface area contributed by atoms with Gasteiger partial charge in [-0.2, -0.15) is 0 Å². The molecule has 2 aliphatic rings. The SMILES string of the molecule is C=C1CCC2C(C1CCSc1nnc(-c3ccc(OC)cc3)o1)[C@@H](C)CCC2(C)C. The van der Waals surface area contributed by atoms with Crippen molar-refractivity contribution in [3.8, 4) is 17.2 Å². The first-order chi connectivity index (χ1) is 14.4. The van der Waals surface area contributed by atoms with E-state index in [0.29, 0.717) is 22.4 Å². The molecule has 0 saturated heterocycles. The summed E-state index contributed by atoms with van der Waals surface area (Å²) in [5.41, 5.74) is 2.84. The molecule has 30 heavy (non-hydrogen) atoms. The molecule has 5 heteroatoms. The third kappa shape index (κ3) is 4.32. The van der Waals surface area contributed by atoms with Crippen LogP contribution >= 0.6 is 11.8 Å². The third-order valence-electron chi connectivity index (χ3n) is 7.53. The highest BCUT2D eigenvalue weighted by atomic mass is 32.2. The molecule has 2 aromatic rings. The van der Waals surface area contributed by atoms with Crippen molar-refractivity contribution in [2.75, 3.05) is 12.9 Å². The van der Waals surface area contributed by atoms with Crippen LogP contribution in [0.4, 0.5) is 0 Å². The third-order valence-corrected chi connectivity index (χ3v) is 8.38. The van der Waals surface area contributed by atoms with E-state index in [1.54, 1.807) is 18.9 Å². The van der Waals surface area contributed by atoms with Crippen molar-refractivity contribution in [3.05, 3.63) is 36.4 Å². The van der Waals surface area contributed by atoms with Crippen LogP contribution in [0, 0.1) is 29.1 Å². The monoisotopic (exact) mass is 426 g/mol. The van der Waals surface area contributed by atoms with Crippen molar-refractivity contribution in [1.82, 2.24) is 10.2 Å². The van der Waals surface area contributed by atoms with Crippen molar-refractivity contribution in [1.29, 1.82) is 0 Å². The minimum atomic E-state index is 0.461. The zero-order chi connectivity index (χ0) is 21.3. The van der Waals surface area contributed by atoms with Gasteiger partial charge in [-0.25, -0.2) is 0 Å². The minimum Gasteiger partial charge on any atom is -0.497 e. The number of nitrogens with zero attached hydrogens (tertiary/aromatic N) is 2. The van der Waals surface area contributed by atoms with Crippen LogP contribution in [0.25, 0.3) is 11.5 Å². The van der Waals surface area contributed by atoms with Gasteiger partial charge in [-0.1, -0.05) is 44.7 Å². The van der Waals surface area contributed by atoms with Crippen LogP contribution in [0.2, 0.25) is 0 Å². The van der Waals surface area contributed by atoms with Crippen molar-refractivity contribution in [2.45, 2.75) is 58.1 Å². The summed E-state index contributed by atoms with van der Waals surface area (Å²) >= 11 is 1.67. The highest BCUT2D eigenvalue weighted by Gasteiger charge is 2.47. The maximum atomic E-state index is 5.90. The van der Waals surface area contributed by atoms with Gasteiger partial charge in [0.05, 0.1) is 7.11 Å². The Morgan fingerprint density at radius 3 is 2.70 bits per heavy atom. The van der Waals surface area contributed by atoms with Gasteiger partial charge < -0.3 is 9.15 Å². The smallest absolute Gasteiger partial charge is 0.276 e. The Kier molecular flexibility index (Phi) is 6.29. The van der Waals surface area contributed by atoms with E-state index in [9.17, 15) is 0 Å². The molecule has 0 aliphatic heterocycles. The summed E-state index contributed by atoms with van der Waals surface area (Å²) < 4.78 is 11.1. The lowest BCUT2D eigenvalue weighted by Gasteiger charge is -2.53. The number of rotatable bonds is 6. The van der Waals surface area contributed by atoms with Crippen molar-refractivity contribution >= 4 is 11.8 Å². The number of benzene rings is 1. The van der Waals surface area contributed by atoms with Gasteiger partial charge in [0.1, 0.15) is 5.75 Å². The van der Waals surface area contributed by atoms with Gasteiger partial charge in [-0.05, 0) is 85.5 Å². The fourth-order valence-electron chi connectivity index (χ4n) is 5.74. The molecule has 2 aliphatic carbocycles. The minimum absolute atomic E-state index is 0.461. The predicted molar refractivity (Wildman–Crippen MR) is 123 cm³/mol. The second kappa shape index (κ2) is 8.78. The molecular formula is C25H34N2O2S. The summed E-state index contributed by atoms with van der Waals surface area (Å²) in [6.07, 6.45) is 6.36. The zero-order valence-corrected chi connectivity index (χ0v) is 19.5. The van der Waals surface area contributed by atoms with Crippen LogP contribution in [0.15, 0.2) is 46.1 Å². The van der Waals surface area contributed by atoms with Gasteiger partial charge in [-0.15, -0.1) is 10.2 Å². The van der Waals surface area contributed by atoms with E-state index >= 15 is 0 Å². The highest BCUT2D eigenvalue weighted by Crippen LogP contribution is 2.56. The van der Waals surface area contributed by atoms with Gasteiger partial charge in [0.2, 0.25) is 5.89 Å². The Morgan fingerprint density at radius 2 is 1.97 bits per heavy atom. The Bertz CT molecular complexity index is 874. The fourth-order valence-corrected chi connectivity index (χ4v) is 6.52. The largest absolute Gasteiger partial charge is 0.497 e. The first-order valence-electron chi connectivity index (χ1n) is 11.2. The molecule has 4 atom stereocenters. The highest BCUT2D eigenvalue weighted by molar-refractivity contribution is 7.99. The average Bonchev–Trinajstić information content (AvgIpc) is 3.21. The number of methoxy groups -OCH3 is 1. The lowest BCUT2D eigenvalue weighted by molar-refractivity contribution is -0.0122. The lowest BCUT2D eigenvalue weighted by Crippen LogP contribution is -2.45. The van der Waals surface area contributed by atoms with Crippen LogP contribution in [0.1, 0.15) is 52.9 Å². The lowest BCUT2D eigenvalue weighted by atomic mass is 9.52. The number of allylic oxidation sites excluding steroid dienone is 1. The number of hydrogen-bond acceptors (Lipinski definition) is 5. The normalized spacial score (nSPS) is 28.2. The second-order valence-corrected chi connectivity index (χ2v) is 10.8. The molecule has 4 rings (SSSR count). The second-order valence-electron chi connectivity index (χ2n) is 9.73. The Labute approximate surface area is 184 Å². The Balaban J connectivity index is 1.38. The first-order valence-corrected chi connectivity index (χ1v) is 12.2. The van der Waals surface area contributed by atoms with E-state index in [1.807, 2.05) is 24.3 Å². The van der Waals surface area contributed by atoms with Gasteiger partial charge in [-0.3, -0.25) is 0 Å². The molecule has 2 saturated carbocycles. The first kappa shape index (κ1) is 21.5. The quantitative estimate of drug-likeness (QED) is 0.372. The molecule has 1 aromatic heterocycles. The molecule has 162 valence electrons. The van der Waals surface area contributed by atoms with Crippen LogP contribution in [-0.4, -0.2) is 23.1 Å². The van der Waals surface area contributed by atoms with Crippen molar-refractivity contribution in [2.24, 2.45) is 29.1 Å². The van der Waals surface area contributed by atoms with Gasteiger partial charge in [0.15, 0.2) is 0 Å². The molecular weight excluding hydrogens is 392 g/mol. The molecule has 0 bridgehead atoms. The van der Waals surface area contributed by atoms with E-state index < -0.39 is 0 Å². The van der Waals surface area contributed by atoms with Gasteiger partial charge in [0.25, 0.3) is 5.22 Å². The molecule has 2 fully saturated rings. The number of hydrogen-bond donors (Lipinski definition) is 0. The number of aromatic nitrogens is 2. The number of thioether (sulfide) groups is 1. The summed E-state index contributed by atoms with van der Waals surface area (Å²) in [4.78, 5) is 0. The molecule has 0 N–H and O–H groups in total. The van der Waals surface area contributed by atoms with Crippen LogP contribution in [0.5, 0.6) is 5.75 Å². The van der Waals surface area contributed by atoms with Crippen LogP contribution in [0.3, 0.4) is 0 Å². The predicted octanol–water partition coefficient (Wildman–Crippen LogP) is 6.88. The maximum absolute atomic E-state index is 5.90. The summed E-state index contributed by atoms with van der Waals surface area (Å²) in [6.45, 7) is 11.9. The number of ether oxygens (including phenoxy) is 1. The molecule has 0 amide bonds. The van der Waals surface area contributed by atoms with E-state index in [0.717, 1.165) is 41.2 Å². The summed E-state index contributed by atoms with van der Waals surface area (Å²) in [6, 6.07) is 7.70. The fraction of sp³-hybridized carbons (Fsp3) is 0.600.